The van der Waals surface area contributed by atoms with Crippen molar-refractivity contribution in [2.45, 2.75) is 13.8 Å². The lowest BCUT2D eigenvalue weighted by Crippen LogP contribution is -2.02. The molecule has 0 saturated heterocycles. The zero-order valence-electron chi connectivity index (χ0n) is 13.2. The van der Waals surface area contributed by atoms with Crippen LogP contribution in [0.2, 0.25) is 0 Å². The lowest BCUT2D eigenvalue weighted by molar-refractivity contribution is 0.920. The number of aromatic nitrogens is 5. The van der Waals surface area contributed by atoms with Crippen LogP contribution in [-0.2, 0) is 0 Å². The molecule has 0 bridgehead atoms. The zero-order valence-corrected chi connectivity index (χ0v) is 13.2. The third-order valence-corrected chi connectivity index (χ3v) is 3.24. The fraction of sp³-hybridized carbons (Fsp3) is 0.176. The summed E-state index contributed by atoms with van der Waals surface area (Å²) in [4.78, 5) is 17.3. The van der Waals surface area contributed by atoms with Crippen molar-refractivity contribution < 1.29 is 0 Å². The van der Waals surface area contributed by atoms with E-state index in [1.165, 1.54) is 0 Å². The van der Waals surface area contributed by atoms with Crippen molar-refractivity contribution in [1.82, 2.24) is 24.5 Å². The van der Waals surface area contributed by atoms with Crippen LogP contribution in [0.1, 0.15) is 22.8 Å². The zero-order chi connectivity index (χ0) is 16.2. The number of imidazole rings is 1. The van der Waals surface area contributed by atoms with E-state index in [0.717, 1.165) is 17.1 Å². The Morgan fingerprint density at radius 2 is 2.00 bits per heavy atom. The Kier molecular flexibility index (Phi) is 4.02. The third-order valence-electron chi connectivity index (χ3n) is 3.24. The van der Waals surface area contributed by atoms with Crippen LogP contribution in [0.3, 0.4) is 0 Å². The molecule has 0 aliphatic heterocycles. The monoisotopic (exact) mass is 304 g/mol. The molecule has 0 fully saturated rings. The van der Waals surface area contributed by atoms with Crippen molar-refractivity contribution in [3.8, 4) is 17.7 Å². The van der Waals surface area contributed by atoms with E-state index in [0.29, 0.717) is 17.3 Å². The number of rotatable bonds is 2. The Morgan fingerprint density at radius 1 is 1.13 bits per heavy atom. The first-order chi connectivity index (χ1) is 11.2. The maximum Gasteiger partial charge on any atom is 0.159 e. The molecule has 3 heterocycles. The Balaban J connectivity index is 1.92. The summed E-state index contributed by atoms with van der Waals surface area (Å²) in [6.07, 6.45) is 6.98. The molecule has 0 aliphatic carbocycles. The van der Waals surface area contributed by atoms with E-state index in [4.69, 9.17) is 0 Å². The van der Waals surface area contributed by atoms with Gasteiger partial charge in [0, 0.05) is 30.7 Å². The van der Waals surface area contributed by atoms with Gasteiger partial charge in [0.15, 0.2) is 5.82 Å². The van der Waals surface area contributed by atoms with Crippen molar-refractivity contribution in [1.29, 1.82) is 0 Å². The van der Waals surface area contributed by atoms with Gasteiger partial charge < -0.3 is 5.32 Å². The number of hydrogen-bond donors (Lipinski definition) is 1. The number of anilines is 1. The van der Waals surface area contributed by atoms with Crippen molar-refractivity contribution >= 4 is 5.82 Å². The number of nitrogens with zero attached hydrogens (tertiary/aromatic N) is 5. The van der Waals surface area contributed by atoms with Gasteiger partial charge in [-0.15, -0.1) is 0 Å². The number of aryl methyl sites for hydroxylation is 2. The first-order valence-electron chi connectivity index (χ1n) is 7.16. The van der Waals surface area contributed by atoms with Crippen LogP contribution in [0.5, 0.6) is 0 Å². The van der Waals surface area contributed by atoms with Crippen LogP contribution < -0.4 is 5.32 Å². The smallest absolute Gasteiger partial charge is 0.159 e. The first-order valence-corrected chi connectivity index (χ1v) is 7.16. The van der Waals surface area contributed by atoms with Crippen molar-refractivity contribution in [3.05, 3.63) is 59.7 Å². The molecule has 3 aromatic heterocycles. The summed E-state index contributed by atoms with van der Waals surface area (Å²) in [6.45, 7) is 3.85. The van der Waals surface area contributed by atoms with Gasteiger partial charge in [-0.3, -0.25) is 14.5 Å². The van der Waals surface area contributed by atoms with E-state index in [9.17, 15) is 0 Å². The number of nitrogens with one attached hydrogen (secondary N) is 1. The Hall–Kier alpha value is -3.20. The van der Waals surface area contributed by atoms with Crippen LogP contribution in [-0.4, -0.2) is 31.6 Å². The van der Waals surface area contributed by atoms with Gasteiger partial charge in [-0.1, -0.05) is 5.92 Å². The molecule has 3 aromatic rings. The predicted octanol–water partition coefficient (Wildman–Crippen LogP) is 2.12. The van der Waals surface area contributed by atoms with Gasteiger partial charge in [-0.05, 0) is 31.9 Å². The maximum absolute atomic E-state index is 4.47. The van der Waals surface area contributed by atoms with E-state index in [1.54, 1.807) is 18.6 Å². The van der Waals surface area contributed by atoms with Crippen LogP contribution in [0.15, 0.2) is 36.9 Å². The molecule has 23 heavy (non-hydrogen) atoms. The summed E-state index contributed by atoms with van der Waals surface area (Å²) in [5.74, 6) is 8.39. The lowest BCUT2D eigenvalue weighted by atomic mass is 10.2. The fourth-order valence-corrected chi connectivity index (χ4v) is 2.12. The Morgan fingerprint density at radius 3 is 2.78 bits per heavy atom. The van der Waals surface area contributed by atoms with Gasteiger partial charge in [0.05, 0.1) is 12.4 Å². The standard InChI is InChI=1S/C17H16N6/c1-12-8-14(6-7-20-12)4-5-15-11-23(13(2)21-15)17-10-19-9-16(18-3)22-17/h6-11H,1-3H3,(H,18,22). The second kappa shape index (κ2) is 6.28. The fourth-order valence-electron chi connectivity index (χ4n) is 2.12. The van der Waals surface area contributed by atoms with Gasteiger partial charge in [-0.2, -0.15) is 0 Å². The van der Waals surface area contributed by atoms with Gasteiger partial charge in [-0.25, -0.2) is 9.97 Å². The highest BCUT2D eigenvalue weighted by Crippen LogP contribution is 2.11. The van der Waals surface area contributed by atoms with Crippen LogP contribution in [0.25, 0.3) is 5.82 Å². The maximum atomic E-state index is 4.47. The molecule has 6 nitrogen and oxygen atoms in total. The molecule has 0 aromatic carbocycles. The molecule has 114 valence electrons. The molecule has 3 rings (SSSR count). The molecule has 0 aliphatic rings. The normalized spacial score (nSPS) is 10.0. The van der Waals surface area contributed by atoms with Gasteiger partial charge in [0.2, 0.25) is 0 Å². The van der Waals surface area contributed by atoms with Gasteiger partial charge in [0.25, 0.3) is 0 Å². The quantitative estimate of drug-likeness (QED) is 0.734. The second-order valence-corrected chi connectivity index (χ2v) is 4.99. The molecule has 0 spiro atoms. The highest BCUT2D eigenvalue weighted by molar-refractivity contribution is 5.42. The summed E-state index contributed by atoms with van der Waals surface area (Å²) < 4.78 is 1.87. The minimum Gasteiger partial charge on any atom is -0.372 e. The summed E-state index contributed by atoms with van der Waals surface area (Å²) in [6, 6.07) is 3.82. The molecule has 6 heteroatoms. The molecular weight excluding hydrogens is 288 g/mol. The summed E-state index contributed by atoms with van der Waals surface area (Å²) in [7, 11) is 1.81. The Bertz CT molecular complexity index is 901. The summed E-state index contributed by atoms with van der Waals surface area (Å²) in [5.41, 5.74) is 2.55. The average Bonchev–Trinajstić information content (AvgIpc) is 2.94. The van der Waals surface area contributed by atoms with Gasteiger partial charge >= 0.3 is 0 Å². The summed E-state index contributed by atoms with van der Waals surface area (Å²) >= 11 is 0. The van der Waals surface area contributed by atoms with Crippen molar-refractivity contribution in [2.24, 2.45) is 0 Å². The largest absolute Gasteiger partial charge is 0.372 e. The highest BCUT2D eigenvalue weighted by atomic mass is 15.2. The predicted molar refractivity (Wildman–Crippen MR) is 88.4 cm³/mol. The molecule has 0 atom stereocenters. The topological polar surface area (TPSA) is 68.5 Å². The number of hydrogen-bond acceptors (Lipinski definition) is 5. The van der Waals surface area contributed by atoms with Crippen molar-refractivity contribution in [3.63, 3.8) is 0 Å². The minimum absolute atomic E-state index is 0.689. The highest BCUT2D eigenvalue weighted by Gasteiger charge is 2.06. The second-order valence-electron chi connectivity index (χ2n) is 4.99. The van der Waals surface area contributed by atoms with E-state index in [1.807, 2.05) is 43.8 Å². The third kappa shape index (κ3) is 3.35. The van der Waals surface area contributed by atoms with E-state index >= 15 is 0 Å². The van der Waals surface area contributed by atoms with Crippen LogP contribution >= 0.6 is 0 Å². The lowest BCUT2D eigenvalue weighted by Gasteiger charge is -2.04. The minimum atomic E-state index is 0.689. The first kappa shape index (κ1) is 14.7. The van der Waals surface area contributed by atoms with Crippen molar-refractivity contribution in [2.75, 3.05) is 12.4 Å². The molecule has 0 unspecified atom stereocenters. The van der Waals surface area contributed by atoms with Crippen LogP contribution in [0.4, 0.5) is 5.82 Å². The van der Waals surface area contributed by atoms with Gasteiger partial charge in [0.1, 0.15) is 17.3 Å². The Labute approximate surface area is 134 Å². The van der Waals surface area contributed by atoms with E-state index in [2.05, 4.69) is 37.1 Å². The molecule has 1 N–H and O–H groups in total. The number of pyridine rings is 1. The molecule has 0 amide bonds. The van der Waals surface area contributed by atoms with E-state index < -0.39 is 0 Å². The summed E-state index contributed by atoms with van der Waals surface area (Å²) in [5, 5.41) is 2.97. The molecule has 0 saturated carbocycles. The molecule has 0 radical (unpaired) electrons. The SMILES string of the molecule is CNc1cncc(-n2cc(C#Cc3ccnc(C)c3)nc2C)n1. The van der Waals surface area contributed by atoms with E-state index in [-0.39, 0.29) is 0 Å². The molecular formula is C17H16N6. The van der Waals surface area contributed by atoms with Crippen LogP contribution in [0, 0.1) is 25.7 Å². The average molecular weight is 304 g/mol.